The van der Waals surface area contributed by atoms with Crippen molar-refractivity contribution in [2.24, 2.45) is 0 Å². The van der Waals surface area contributed by atoms with Crippen LogP contribution in [0.2, 0.25) is 0 Å². The average Bonchev–Trinajstić information content (AvgIpc) is 3.12. The highest BCUT2D eigenvalue weighted by molar-refractivity contribution is 5.76. The lowest BCUT2D eigenvalue weighted by atomic mass is 10.0. The van der Waals surface area contributed by atoms with Gasteiger partial charge >= 0.3 is 0 Å². The van der Waals surface area contributed by atoms with Crippen LogP contribution in [-0.2, 0) is 22.7 Å². The molecule has 0 heterocycles. The maximum atomic E-state index is 12.5. The average molecular weight is 701 g/mol. The molecule has 0 saturated carbocycles. The fourth-order valence-corrected chi connectivity index (χ4v) is 6.79. The van der Waals surface area contributed by atoms with Gasteiger partial charge in [0.25, 0.3) is 0 Å². The summed E-state index contributed by atoms with van der Waals surface area (Å²) in [5.41, 5.74) is 1.95. The number of aliphatic hydroxyl groups is 2. The smallest absolute Gasteiger partial charge is 0.220 e. The summed E-state index contributed by atoms with van der Waals surface area (Å²) in [5.74, 6) is -0.112. The molecule has 4 N–H and O–H groups in total. The number of amides is 2. The molecule has 2 atom stereocenters. The van der Waals surface area contributed by atoms with Crippen molar-refractivity contribution in [2.75, 3.05) is 0 Å². The van der Waals surface area contributed by atoms with Crippen LogP contribution in [0.25, 0.3) is 0 Å². The number of carbonyl (C=O) groups excluding carboxylic acids is 2. The monoisotopic (exact) mass is 701 g/mol. The van der Waals surface area contributed by atoms with E-state index in [0.717, 1.165) is 49.7 Å². The molecular formula is C44H80N2O4. The zero-order valence-electron chi connectivity index (χ0n) is 32.8. The minimum absolute atomic E-state index is 0.0558. The van der Waals surface area contributed by atoms with Gasteiger partial charge in [0, 0.05) is 25.9 Å². The Hall–Kier alpha value is -1.92. The molecule has 0 aliphatic rings. The summed E-state index contributed by atoms with van der Waals surface area (Å²) in [7, 11) is 0. The maximum Gasteiger partial charge on any atom is 0.220 e. The summed E-state index contributed by atoms with van der Waals surface area (Å²) in [6.45, 7) is 5.33. The quantitative estimate of drug-likeness (QED) is 0.0524. The predicted molar refractivity (Wildman–Crippen MR) is 212 cm³/mol. The minimum Gasteiger partial charge on any atom is -0.393 e. The molecule has 2 unspecified atom stereocenters. The Morgan fingerprint density at radius 2 is 0.740 bits per heavy atom. The second kappa shape index (κ2) is 34.2. The Labute approximate surface area is 308 Å². The lowest BCUT2D eigenvalue weighted by Crippen LogP contribution is -2.27. The standard InChI is InChI=1S/C44H80N2O4/c1-3-5-7-9-11-13-15-17-19-21-23-25-31-41(47)33-35-43(49)45-37-39-29-27-28-30-40(39)38-46-44(50)36-34-42(48)32-26-24-22-20-18-16-14-12-10-8-6-4-2/h27-30,41-42,47-48H,3-26,31-38H2,1-2H3,(H,45,49)(H,46,50). The van der Waals surface area contributed by atoms with Gasteiger partial charge < -0.3 is 20.8 Å². The Morgan fingerprint density at radius 3 is 1.04 bits per heavy atom. The zero-order chi connectivity index (χ0) is 36.3. The molecule has 50 heavy (non-hydrogen) atoms. The molecule has 6 nitrogen and oxygen atoms in total. The number of benzene rings is 1. The molecule has 1 aromatic carbocycles. The van der Waals surface area contributed by atoms with Gasteiger partial charge in [0.05, 0.1) is 12.2 Å². The van der Waals surface area contributed by atoms with E-state index in [-0.39, 0.29) is 11.8 Å². The van der Waals surface area contributed by atoms with Gasteiger partial charge in [-0.25, -0.2) is 0 Å². The number of hydrogen-bond donors (Lipinski definition) is 4. The van der Waals surface area contributed by atoms with E-state index in [9.17, 15) is 19.8 Å². The van der Waals surface area contributed by atoms with Gasteiger partial charge in [0.1, 0.15) is 0 Å². The van der Waals surface area contributed by atoms with Crippen molar-refractivity contribution < 1.29 is 19.8 Å². The lowest BCUT2D eigenvalue weighted by Gasteiger charge is -2.14. The van der Waals surface area contributed by atoms with Crippen molar-refractivity contribution >= 4 is 11.8 Å². The van der Waals surface area contributed by atoms with Crippen molar-refractivity contribution in [3.63, 3.8) is 0 Å². The van der Waals surface area contributed by atoms with Crippen molar-refractivity contribution in [1.82, 2.24) is 10.6 Å². The van der Waals surface area contributed by atoms with E-state index in [1.165, 1.54) is 128 Å². The molecular weight excluding hydrogens is 620 g/mol. The van der Waals surface area contributed by atoms with E-state index >= 15 is 0 Å². The molecule has 0 radical (unpaired) electrons. The zero-order valence-corrected chi connectivity index (χ0v) is 32.8. The molecule has 1 aromatic rings. The number of nitrogens with one attached hydrogen (secondary N) is 2. The molecule has 0 aliphatic heterocycles. The molecule has 0 fully saturated rings. The molecule has 6 heteroatoms. The number of rotatable bonds is 36. The van der Waals surface area contributed by atoms with E-state index in [0.29, 0.717) is 38.8 Å². The van der Waals surface area contributed by atoms with Crippen LogP contribution in [0.15, 0.2) is 24.3 Å². The highest BCUT2D eigenvalue weighted by Gasteiger charge is 2.11. The van der Waals surface area contributed by atoms with Crippen molar-refractivity contribution in [3.8, 4) is 0 Å². The van der Waals surface area contributed by atoms with Crippen LogP contribution in [0.4, 0.5) is 0 Å². The summed E-state index contributed by atoms with van der Waals surface area (Å²) in [4.78, 5) is 25.0. The van der Waals surface area contributed by atoms with Gasteiger partial charge in [-0.2, -0.15) is 0 Å². The Kier molecular flexibility index (Phi) is 31.5. The summed E-state index contributed by atoms with van der Waals surface area (Å²) < 4.78 is 0. The Balaban J connectivity index is 2.08. The molecule has 2 amide bonds. The first-order chi connectivity index (χ1) is 24.5. The second-order valence-electron chi connectivity index (χ2n) is 15.1. The van der Waals surface area contributed by atoms with Gasteiger partial charge in [0.2, 0.25) is 11.8 Å². The molecule has 0 saturated heterocycles. The van der Waals surface area contributed by atoms with Gasteiger partial charge in [-0.15, -0.1) is 0 Å². The van der Waals surface area contributed by atoms with Gasteiger partial charge in [-0.1, -0.05) is 192 Å². The van der Waals surface area contributed by atoms with Gasteiger partial charge in [-0.3, -0.25) is 9.59 Å². The highest BCUT2D eigenvalue weighted by atomic mass is 16.3. The predicted octanol–water partition coefficient (Wildman–Crippen LogP) is 11.4. The normalized spacial score (nSPS) is 12.6. The van der Waals surface area contributed by atoms with E-state index in [1.54, 1.807) is 0 Å². The molecule has 0 spiro atoms. The first-order valence-corrected chi connectivity index (χ1v) is 21.4. The summed E-state index contributed by atoms with van der Waals surface area (Å²) in [6.07, 6.45) is 33.6. The second-order valence-corrected chi connectivity index (χ2v) is 15.1. The SMILES string of the molecule is CCCCCCCCCCCCCCC(O)CCC(=O)NCc1ccccc1CNC(=O)CCC(O)CCCCCCCCCCCCCC. The van der Waals surface area contributed by atoms with Crippen LogP contribution < -0.4 is 10.6 Å². The molecule has 0 aromatic heterocycles. The van der Waals surface area contributed by atoms with Crippen LogP contribution in [0.3, 0.4) is 0 Å². The third-order valence-corrected chi connectivity index (χ3v) is 10.3. The third-order valence-electron chi connectivity index (χ3n) is 10.3. The molecule has 0 bridgehead atoms. The van der Waals surface area contributed by atoms with Crippen LogP contribution in [0.5, 0.6) is 0 Å². The van der Waals surface area contributed by atoms with Crippen molar-refractivity contribution in [3.05, 3.63) is 35.4 Å². The molecule has 0 aliphatic carbocycles. The number of unbranched alkanes of at least 4 members (excludes halogenated alkanes) is 22. The fraction of sp³-hybridized carbons (Fsp3) is 0.818. The lowest BCUT2D eigenvalue weighted by molar-refractivity contribution is -0.122. The van der Waals surface area contributed by atoms with Crippen LogP contribution in [-0.4, -0.2) is 34.2 Å². The largest absolute Gasteiger partial charge is 0.393 e. The number of carbonyl (C=O) groups is 2. The van der Waals surface area contributed by atoms with E-state index in [4.69, 9.17) is 0 Å². The van der Waals surface area contributed by atoms with Crippen LogP contribution in [0.1, 0.15) is 218 Å². The molecule has 1 rings (SSSR count). The third kappa shape index (κ3) is 28.7. The van der Waals surface area contributed by atoms with Gasteiger partial charge in [0.15, 0.2) is 0 Å². The molecule has 290 valence electrons. The highest BCUT2D eigenvalue weighted by Crippen LogP contribution is 2.16. The Morgan fingerprint density at radius 1 is 0.460 bits per heavy atom. The van der Waals surface area contributed by atoms with Crippen molar-refractivity contribution in [1.29, 1.82) is 0 Å². The van der Waals surface area contributed by atoms with Crippen LogP contribution >= 0.6 is 0 Å². The Bertz CT molecular complexity index is 850. The maximum absolute atomic E-state index is 12.5. The van der Waals surface area contributed by atoms with E-state index in [2.05, 4.69) is 24.5 Å². The number of hydrogen-bond acceptors (Lipinski definition) is 4. The topological polar surface area (TPSA) is 98.7 Å². The summed E-state index contributed by atoms with van der Waals surface area (Å²) in [6, 6.07) is 7.83. The summed E-state index contributed by atoms with van der Waals surface area (Å²) >= 11 is 0. The first kappa shape index (κ1) is 46.1. The number of aliphatic hydroxyl groups excluding tert-OH is 2. The van der Waals surface area contributed by atoms with Crippen molar-refractivity contribution in [2.45, 2.75) is 232 Å². The fourth-order valence-electron chi connectivity index (χ4n) is 6.79. The van der Waals surface area contributed by atoms with Crippen LogP contribution in [0, 0.1) is 0 Å². The van der Waals surface area contributed by atoms with E-state index in [1.807, 2.05) is 24.3 Å². The van der Waals surface area contributed by atoms with Gasteiger partial charge in [-0.05, 0) is 36.8 Å². The minimum atomic E-state index is -0.422. The first-order valence-electron chi connectivity index (χ1n) is 21.4. The summed E-state index contributed by atoms with van der Waals surface area (Å²) in [5, 5.41) is 26.7. The van der Waals surface area contributed by atoms with E-state index < -0.39 is 12.2 Å².